The highest BCUT2D eigenvalue weighted by molar-refractivity contribution is 6.04. The number of aliphatic hydroxyl groups is 1. The van der Waals surface area contributed by atoms with Crippen LogP contribution in [0.25, 0.3) is 5.69 Å². The second-order valence-corrected chi connectivity index (χ2v) is 8.70. The molecule has 2 amide bonds. The molecule has 1 spiro atoms. The lowest BCUT2D eigenvalue weighted by molar-refractivity contribution is -0.161. The highest BCUT2D eigenvalue weighted by Crippen LogP contribution is 2.35. The van der Waals surface area contributed by atoms with Gasteiger partial charge >= 0.3 is 0 Å². The van der Waals surface area contributed by atoms with Crippen LogP contribution in [-0.4, -0.2) is 74.7 Å². The maximum atomic E-state index is 13.1. The summed E-state index contributed by atoms with van der Waals surface area (Å²) in [6, 6.07) is 7.49. The molecule has 2 fully saturated rings. The Bertz CT molecular complexity index is 1120. The average Bonchev–Trinajstić information content (AvgIpc) is 3.21. The molecule has 0 bridgehead atoms. The Morgan fingerprint density at radius 1 is 1.29 bits per heavy atom. The van der Waals surface area contributed by atoms with E-state index in [-0.39, 0.29) is 12.2 Å². The van der Waals surface area contributed by atoms with Crippen LogP contribution in [0.4, 0.5) is 0 Å². The predicted octanol–water partition coefficient (Wildman–Crippen LogP) is 0.689. The normalized spacial score (nSPS) is 22.2. The van der Waals surface area contributed by atoms with Gasteiger partial charge in [-0.25, -0.2) is 9.67 Å². The second-order valence-electron chi connectivity index (χ2n) is 8.70. The molecule has 5 rings (SSSR count). The van der Waals surface area contributed by atoms with Gasteiger partial charge in [-0.2, -0.15) is 5.10 Å². The van der Waals surface area contributed by atoms with Crippen LogP contribution in [0.2, 0.25) is 0 Å². The van der Waals surface area contributed by atoms with Crippen molar-refractivity contribution < 1.29 is 24.2 Å². The minimum atomic E-state index is -0.672. The number of carbonyl (C=O) groups excluding carboxylic acids is 2. The summed E-state index contributed by atoms with van der Waals surface area (Å²) < 4.78 is 13.4. The SMILES string of the molecule is Cc1ncn(-c2ccccc2CNC(=O)C2=C(O)C(=O)N3CCCOC4(CCOCC4)C3N2)n1. The number of aliphatic hydroxyl groups excluding tert-OH is 1. The largest absolute Gasteiger partial charge is 0.501 e. The Kier molecular flexibility index (Phi) is 5.96. The predicted molar refractivity (Wildman–Crippen MR) is 120 cm³/mol. The summed E-state index contributed by atoms with van der Waals surface area (Å²) in [7, 11) is 0. The highest BCUT2D eigenvalue weighted by atomic mass is 16.5. The Balaban J connectivity index is 1.37. The van der Waals surface area contributed by atoms with Crippen molar-refractivity contribution in [1.82, 2.24) is 30.3 Å². The van der Waals surface area contributed by atoms with Crippen LogP contribution in [-0.2, 0) is 25.6 Å². The number of fused-ring (bicyclic) bond motifs is 2. The summed E-state index contributed by atoms with van der Waals surface area (Å²) >= 11 is 0. The molecular weight excluding hydrogens is 440 g/mol. The van der Waals surface area contributed by atoms with Crippen LogP contribution < -0.4 is 10.6 Å². The molecule has 1 atom stereocenters. The van der Waals surface area contributed by atoms with E-state index in [9.17, 15) is 14.7 Å². The van der Waals surface area contributed by atoms with E-state index in [0.29, 0.717) is 51.5 Å². The van der Waals surface area contributed by atoms with Gasteiger partial charge in [-0.05, 0) is 25.0 Å². The van der Waals surface area contributed by atoms with Gasteiger partial charge in [0, 0.05) is 45.8 Å². The topological polar surface area (TPSA) is 131 Å². The molecule has 11 nitrogen and oxygen atoms in total. The third kappa shape index (κ3) is 4.01. The molecule has 3 aliphatic heterocycles. The number of para-hydroxylation sites is 1. The molecule has 3 aliphatic rings. The Morgan fingerprint density at radius 2 is 2.09 bits per heavy atom. The van der Waals surface area contributed by atoms with Crippen molar-refractivity contribution in [3.63, 3.8) is 0 Å². The number of aromatic nitrogens is 3. The summed E-state index contributed by atoms with van der Waals surface area (Å²) in [5, 5.41) is 20.9. The summed E-state index contributed by atoms with van der Waals surface area (Å²) in [5.74, 6) is -1.08. The lowest BCUT2D eigenvalue weighted by Crippen LogP contribution is -2.66. The van der Waals surface area contributed by atoms with Gasteiger partial charge in [-0.3, -0.25) is 9.59 Å². The van der Waals surface area contributed by atoms with E-state index in [1.165, 1.54) is 0 Å². The fraction of sp³-hybridized carbons (Fsp3) is 0.478. The first-order valence-corrected chi connectivity index (χ1v) is 11.5. The zero-order chi connectivity index (χ0) is 23.7. The Morgan fingerprint density at radius 3 is 2.85 bits per heavy atom. The fourth-order valence-corrected chi connectivity index (χ4v) is 4.80. The third-order valence-corrected chi connectivity index (χ3v) is 6.57. The molecule has 34 heavy (non-hydrogen) atoms. The number of aryl methyl sites for hydroxylation is 1. The number of amides is 2. The number of nitrogens with zero attached hydrogens (tertiary/aromatic N) is 4. The van der Waals surface area contributed by atoms with Gasteiger partial charge in [0.05, 0.1) is 5.69 Å². The number of nitrogens with one attached hydrogen (secondary N) is 2. The van der Waals surface area contributed by atoms with E-state index in [1.54, 1.807) is 22.8 Å². The van der Waals surface area contributed by atoms with E-state index >= 15 is 0 Å². The minimum Gasteiger partial charge on any atom is -0.501 e. The van der Waals surface area contributed by atoms with Gasteiger partial charge < -0.3 is 30.1 Å². The fourth-order valence-electron chi connectivity index (χ4n) is 4.80. The number of ether oxygens (including phenoxy) is 2. The van der Waals surface area contributed by atoms with Gasteiger partial charge in [0.2, 0.25) is 5.76 Å². The molecule has 1 aromatic carbocycles. The van der Waals surface area contributed by atoms with E-state index in [4.69, 9.17) is 9.47 Å². The molecular formula is C23H28N6O5. The first-order valence-electron chi connectivity index (χ1n) is 11.5. The Hall–Kier alpha value is -3.44. The molecule has 180 valence electrons. The van der Waals surface area contributed by atoms with E-state index in [2.05, 4.69) is 20.7 Å². The lowest BCUT2D eigenvalue weighted by Gasteiger charge is -2.47. The highest BCUT2D eigenvalue weighted by Gasteiger charge is 2.51. The van der Waals surface area contributed by atoms with E-state index in [0.717, 1.165) is 11.3 Å². The van der Waals surface area contributed by atoms with Crippen molar-refractivity contribution in [2.45, 2.75) is 44.5 Å². The maximum absolute atomic E-state index is 13.1. The van der Waals surface area contributed by atoms with Crippen molar-refractivity contribution in [2.24, 2.45) is 0 Å². The minimum absolute atomic E-state index is 0.142. The number of rotatable bonds is 4. The first kappa shape index (κ1) is 22.4. The standard InChI is InChI=1S/C23H28N6O5/c1-15-25-14-29(27-15)17-6-3-2-5-16(17)13-24-20(31)18-19(30)21(32)28-9-4-10-34-23(22(28)26-18)7-11-33-12-8-23/h2-3,5-6,14,22,26,30H,4,7-13H2,1H3,(H,24,31). The van der Waals surface area contributed by atoms with Crippen molar-refractivity contribution in [3.8, 4) is 5.69 Å². The van der Waals surface area contributed by atoms with Gasteiger partial charge in [0.1, 0.15) is 29.6 Å². The van der Waals surface area contributed by atoms with Crippen molar-refractivity contribution in [1.29, 1.82) is 0 Å². The van der Waals surface area contributed by atoms with Crippen LogP contribution in [0, 0.1) is 6.92 Å². The molecule has 11 heteroatoms. The monoisotopic (exact) mass is 468 g/mol. The van der Waals surface area contributed by atoms with Crippen molar-refractivity contribution in [2.75, 3.05) is 26.4 Å². The first-order chi connectivity index (χ1) is 16.5. The second kappa shape index (κ2) is 9.07. The molecule has 0 saturated carbocycles. The molecule has 1 unspecified atom stereocenters. The summed E-state index contributed by atoms with van der Waals surface area (Å²) in [6.45, 7) is 3.93. The smallest absolute Gasteiger partial charge is 0.292 e. The summed E-state index contributed by atoms with van der Waals surface area (Å²) in [4.78, 5) is 31.9. The van der Waals surface area contributed by atoms with Gasteiger partial charge in [0.25, 0.3) is 11.8 Å². The van der Waals surface area contributed by atoms with E-state index in [1.807, 2.05) is 24.3 Å². The van der Waals surface area contributed by atoms with Gasteiger partial charge in [0.15, 0.2) is 0 Å². The molecule has 0 radical (unpaired) electrons. The molecule has 0 aliphatic carbocycles. The van der Waals surface area contributed by atoms with Crippen molar-refractivity contribution in [3.05, 3.63) is 53.4 Å². The quantitative estimate of drug-likeness (QED) is 0.598. The number of hydrogen-bond donors (Lipinski definition) is 3. The zero-order valence-corrected chi connectivity index (χ0v) is 19.0. The third-order valence-electron chi connectivity index (χ3n) is 6.57. The number of benzene rings is 1. The molecule has 2 saturated heterocycles. The molecule has 4 heterocycles. The molecule has 2 aromatic rings. The van der Waals surface area contributed by atoms with Crippen LogP contribution in [0.3, 0.4) is 0 Å². The summed E-state index contributed by atoms with van der Waals surface area (Å²) in [5.41, 5.74) is 0.771. The maximum Gasteiger partial charge on any atom is 0.292 e. The average molecular weight is 469 g/mol. The van der Waals surface area contributed by atoms with Crippen LogP contribution in [0.5, 0.6) is 0 Å². The number of carbonyl (C=O) groups is 2. The van der Waals surface area contributed by atoms with Crippen LogP contribution >= 0.6 is 0 Å². The zero-order valence-electron chi connectivity index (χ0n) is 19.0. The van der Waals surface area contributed by atoms with Crippen LogP contribution in [0.1, 0.15) is 30.7 Å². The van der Waals surface area contributed by atoms with Crippen LogP contribution in [0.15, 0.2) is 42.0 Å². The Labute approximate surface area is 196 Å². The van der Waals surface area contributed by atoms with Gasteiger partial charge in [-0.1, -0.05) is 18.2 Å². The summed E-state index contributed by atoms with van der Waals surface area (Å²) in [6.07, 6.45) is 2.89. The lowest BCUT2D eigenvalue weighted by atomic mass is 9.88. The molecule has 3 N–H and O–H groups in total. The van der Waals surface area contributed by atoms with E-state index < -0.39 is 29.3 Å². The number of hydrogen-bond acceptors (Lipinski definition) is 8. The van der Waals surface area contributed by atoms with Gasteiger partial charge in [-0.15, -0.1) is 0 Å². The molecule has 1 aromatic heterocycles. The van der Waals surface area contributed by atoms with Crippen molar-refractivity contribution >= 4 is 11.8 Å².